The standard InChI is InChI=1S/C11H16.2ClHO4.Pd/c1-2-8-11-9-6-4-3-5-7-10-11;2*2-1(3,4)5;/h2-4,10H,1,5-9H2;2*(H,2,3,4,5);/q;;;+2/p-2/b4-3-,11-10-;;;. The minimum Gasteiger partial charge on any atom is -0.222 e. The Morgan fingerprint density at radius 3 is 1.68 bits per heavy atom. The molecule has 0 saturated heterocycles. The van der Waals surface area contributed by atoms with Gasteiger partial charge in [0.05, 0.1) is 0 Å². The van der Waals surface area contributed by atoms with Crippen LogP contribution in [0.25, 0.3) is 0 Å². The van der Waals surface area contributed by atoms with Crippen molar-refractivity contribution in [2.45, 2.75) is 32.1 Å². The van der Waals surface area contributed by atoms with Crippen molar-refractivity contribution in [1.29, 1.82) is 0 Å². The van der Waals surface area contributed by atoms with Gasteiger partial charge in [-0.2, -0.15) is 0 Å². The Bertz CT molecular complexity index is 312. The van der Waals surface area contributed by atoms with Crippen LogP contribution in [0, 0.1) is 20.5 Å². The van der Waals surface area contributed by atoms with E-state index in [1.807, 2.05) is 6.08 Å². The summed E-state index contributed by atoms with van der Waals surface area (Å²) in [7, 11) is -9.89. The van der Waals surface area contributed by atoms with E-state index in [1.54, 1.807) is 5.57 Å². The Labute approximate surface area is 146 Å². The van der Waals surface area contributed by atoms with Gasteiger partial charge in [-0.3, -0.25) is 0 Å². The Morgan fingerprint density at radius 2 is 1.27 bits per heavy atom. The third kappa shape index (κ3) is 42.7. The summed E-state index contributed by atoms with van der Waals surface area (Å²) >= 11 is 0. The van der Waals surface area contributed by atoms with E-state index >= 15 is 0 Å². The van der Waals surface area contributed by atoms with Gasteiger partial charge in [-0.05, 0) is 32.1 Å². The van der Waals surface area contributed by atoms with Crippen LogP contribution in [0.1, 0.15) is 32.1 Å². The number of allylic oxidation sites excluding steroid dienone is 5. The number of rotatable bonds is 2. The normalized spacial score (nSPS) is 18.5. The SMILES string of the molecule is C=CC/C1=C/CC/C=C\CC1.[O-][Cl+3]([O-])([O-])[O-].[O-][Cl+3]([O-])([O-])[O-].[Pd+2]. The van der Waals surface area contributed by atoms with Gasteiger partial charge < -0.3 is 0 Å². The number of halogens is 2. The van der Waals surface area contributed by atoms with Crippen molar-refractivity contribution in [3.05, 3.63) is 36.5 Å². The van der Waals surface area contributed by atoms with Crippen molar-refractivity contribution in [2.75, 3.05) is 0 Å². The van der Waals surface area contributed by atoms with Crippen LogP contribution in [-0.4, -0.2) is 0 Å². The zero-order valence-corrected chi connectivity index (χ0v) is 14.5. The quantitative estimate of drug-likeness (QED) is 0.292. The van der Waals surface area contributed by atoms with Crippen LogP contribution < -0.4 is 37.3 Å². The van der Waals surface area contributed by atoms with Gasteiger partial charge in [0.1, 0.15) is 0 Å². The van der Waals surface area contributed by atoms with E-state index in [9.17, 15) is 0 Å². The van der Waals surface area contributed by atoms with Gasteiger partial charge in [0.25, 0.3) is 0 Å². The van der Waals surface area contributed by atoms with E-state index in [1.165, 1.54) is 25.7 Å². The van der Waals surface area contributed by atoms with Gasteiger partial charge in [0.2, 0.25) is 0 Å². The molecule has 1 aliphatic carbocycles. The molecule has 0 aromatic heterocycles. The second kappa shape index (κ2) is 14.7. The molecule has 0 unspecified atom stereocenters. The molecule has 0 spiro atoms. The molecule has 0 amide bonds. The Morgan fingerprint density at radius 1 is 0.864 bits per heavy atom. The second-order valence-electron chi connectivity index (χ2n) is 3.70. The van der Waals surface area contributed by atoms with Crippen LogP contribution in [0.15, 0.2) is 36.5 Å². The zero-order chi connectivity index (χ0) is 16.9. The first-order chi connectivity index (χ1) is 9.43. The topological polar surface area (TPSA) is 184 Å². The number of hydrogen-bond donors (Lipinski definition) is 0. The molecular formula is C11H16Cl2O8Pd. The van der Waals surface area contributed by atoms with Crippen LogP contribution in [-0.2, 0) is 20.4 Å². The fraction of sp³-hybridized carbons (Fsp3) is 0.455. The molecule has 0 aromatic carbocycles. The van der Waals surface area contributed by atoms with Crippen molar-refractivity contribution in [3.63, 3.8) is 0 Å². The van der Waals surface area contributed by atoms with Gasteiger partial charge in [-0.1, -0.05) is 29.9 Å². The molecule has 0 aliphatic heterocycles. The molecule has 0 saturated carbocycles. The minimum atomic E-state index is -4.94. The van der Waals surface area contributed by atoms with E-state index in [4.69, 9.17) is 37.3 Å². The predicted octanol–water partition coefficient (Wildman–Crippen LogP) is -5.90. The molecule has 0 atom stereocenters. The molecule has 0 fully saturated rings. The van der Waals surface area contributed by atoms with Crippen molar-refractivity contribution >= 4 is 0 Å². The van der Waals surface area contributed by atoms with Crippen molar-refractivity contribution in [3.8, 4) is 0 Å². The maximum atomic E-state index is 8.49. The van der Waals surface area contributed by atoms with Crippen molar-refractivity contribution in [1.82, 2.24) is 0 Å². The first kappa shape index (κ1) is 27.0. The average Bonchev–Trinajstić information content (AvgIpc) is 2.16. The molecule has 0 radical (unpaired) electrons. The third-order valence-electron chi connectivity index (χ3n) is 1.97. The molecule has 0 heterocycles. The van der Waals surface area contributed by atoms with E-state index in [2.05, 4.69) is 24.8 Å². The summed E-state index contributed by atoms with van der Waals surface area (Å²) in [6.07, 6.45) is 14.9. The summed E-state index contributed by atoms with van der Waals surface area (Å²) < 4.78 is 67.9. The largest absolute Gasteiger partial charge is 2.00 e. The summed E-state index contributed by atoms with van der Waals surface area (Å²) in [5.74, 6) is 0. The Hall–Kier alpha value is 0.142. The molecule has 8 nitrogen and oxygen atoms in total. The minimum absolute atomic E-state index is 0. The molecule has 1 rings (SSSR count). The molecule has 0 N–H and O–H groups in total. The van der Waals surface area contributed by atoms with Gasteiger partial charge in [-0.25, -0.2) is 37.3 Å². The fourth-order valence-electron chi connectivity index (χ4n) is 1.36. The molecule has 132 valence electrons. The van der Waals surface area contributed by atoms with Crippen LogP contribution in [0.5, 0.6) is 0 Å². The fourth-order valence-corrected chi connectivity index (χ4v) is 1.36. The smallest absolute Gasteiger partial charge is 0.222 e. The second-order valence-corrected chi connectivity index (χ2v) is 5.21. The molecular weight excluding hydrogens is 437 g/mol. The predicted molar refractivity (Wildman–Crippen MR) is 50.5 cm³/mol. The average molecular weight is 454 g/mol. The van der Waals surface area contributed by atoms with Gasteiger partial charge in [-0.15, -0.1) is 27.1 Å². The summed E-state index contributed by atoms with van der Waals surface area (Å²) in [6.45, 7) is 3.75. The van der Waals surface area contributed by atoms with E-state index < -0.39 is 20.5 Å². The summed E-state index contributed by atoms with van der Waals surface area (Å²) in [5, 5.41) is 0. The van der Waals surface area contributed by atoms with Crippen molar-refractivity contribution < 1.29 is 78.2 Å². The summed E-state index contributed by atoms with van der Waals surface area (Å²) in [5.41, 5.74) is 1.56. The van der Waals surface area contributed by atoms with Crippen LogP contribution in [0.3, 0.4) is 0 Å². The van der Waals surface area contributed by atoms with E-state index in [-0.39, 0.29) is 20.4 Å². The Balaban J connectivity index is -0.000000279. The van der Waals surface area contributed by atoms with Crippen LogP contribution in [0.4, 0.5) is 0 Å². The van der Waals surface area contributed by atoms with Crippen LogP contribution >= 0.6 is 0 Å². The van der Waals surface area contributed by atoms with E-state index in [0.29, 0.717) is 0 Å². The maximum Gasteiger partial charge on any atom is 2.00 e. The maximum absolute atomic E-state index is 8.49. The molecule has 22 heavy (non-hydrogen) atoms. The molecule has 1 aliphatic rings. The van der Waals surface area contributed by atoms with Gasteiger partial charge >= 0.3 is 20.4 Å². The first-order valence-electron chi connectivity index (χ1n) is 5.60. The third-order valence-corrected chi connectivity index (χ3v) is 1.97. The molecule has 0 aromatic rings. The van der Waals surface area contributed by atoms with Gasteiger partial charge in [0, 0.05) is 0 Å². The summed E-state index contributed by atoms with van der Waals surface area (Å²) in [4.78, 5) is 0. The Kier molecular flexibility index (Phi) is 18.1. The van der Waals surface area contributed by atoms with Crippen LogP contribution in [0.2, 0.25) is 0 Å². The van der Waals surface area contributed by atoms with Gasteiger partial charge in [0.15, 0.2) is 0 Å². The first-order valence-corrected chi connectivity index (χ1v) is 8.07. The summed E-state index contributed by atoms with van der Waals surface area (Å²) in [6, 6.07) is 0. The zero-order valence-electron chi connectivity index (χ0n) is 11.4. The van der Waals surface area contributed by atoms with Crippen molar-refractivity contribution in [2.24, 2.45) is 0 Å². The monoisotopic (exact) mass is 452 g/mol. The molecule has 0 bridgehead atoms. The molecule has 11 heteroatoms. The number of hydrogen-bond acceptors (Lipinski definition) is 8. The van der Waals surface area contributed by atoms with E-state index in [0.717, 1.165) is 6.42 Å².